The van der Waals surface area contributed by atoms with Crippen molar-refractivity contribution in [3.05, 3.63) is 0 Å². The molecule has 0 atom stereocenters. The van der Waals surface area contributed by atoms with Crippen molar-refractivity contribution >= 4 is 29.7 Å². The minimum absolute atomic E-state index is 0.148. The molecule has 0 fully saturated rings. The second kappa shape index (κ2) is 14.3. The molecule has 13 heteroatoms. The molecule has 13 nitrogen and oxygen atoms in total. The second-order valence-corrected chi connectivity index (χ2v) is 6.38. The Balaban J connectivity index is 4.95. The first kappa shape index (κ1) is 26.2. The predicted molar refractivity (Wildman–Crippen MR) is 99.5 cm³/mol. The van der Waals surface area contributed by atoms with Crippen molar-refractivity contribution in [1.29, 1.82) is 0 Å². The van der Waals surface area contributed by atoms with Crippen LogP contribution in [0.5, 0.6) is 0 Å². The molecule has 29 heavy (non-hydrogen) atoms. The van der Waals surface area contributed by atoms with Gasteiger partial charge in [0.15, 0.2) is 6.54 Å². The summed E-state index contributed by atoms with van der Waals surface area (Å²) in [7, 11) is 2.85. The Labute approximate surface area is 168 Å². The van der Waals surface area contributed by atoms with E-state index in [-0.39, 0.29) is 70.7 Å². The number of carboxylic acids is 3. The van der Waals surface area contributed by atoms with Crippen molar-refractivity contribution in [2.45, 2.75) is 0 Å². The molecule has 0 rings (SSSR count). The van der Waals surface area contributed by atoms with E-state index < -0.39 is 17.9 Å². The number of carbonyl (C=O) groups excluding carboxylic acids is 2. The molecule has 166 valence electrons. The number of hydrogen-bond acceptors (Lipinski definition) is 7. The fraction of sp³-hybridized carbons (Fsp3) is 0.688. The average molecular weight is 420 g/mol. The van der Waals surface area contributed by atoms with E-state index in [1.807, 2.05) is 0 Å². The molecule has 0 aromatic heterocycles. The molecule has 0 saturated heterocycles. The van der Waals surface area contributed by atoms with E-state index >= 15 is 0 Å². The van der Waals surface area contributed by atoms with Crippen LogP contribution in [0.4, 0.5) is 0 Å². The lowest BCUT2D eigenvalue weighted by Crippen LogP contribution is -3.14. The lowest BCUT2D eigenvalue weighted by atomic mass is 10.3. The Morgan fingerprint density at radius 2 is 1.07 bits per heavy atom. The Kier molecular flexibility index (Phi) is 12.9. The van der Waals surface area contributed by atoms with Crippen LogP contribution in [0, 0.1) is 0 Å². The van der Waals surface area contributed by atoms with Crippen LogP contribution in [-0.4, -0.2) is 128 Å². The van der Waals surface area contributed by atoms with E-state index in [1.54, 1.807) is 0 Å². The molecule has 0 aliphatic heterocycles. The maximum absolute atomic E-state index is 11.5. The normalized spacial score (nSPS) is 10.9. The Hall–Kier alpha value is -2.77. The lowest BCUT2D eigenvalue weighted by Gasteiger charge is -2.25. The van der Waals surface area contributed by atoms with Crippen LogP contribution in [0.1, 0.15) is 0 Å². The summed E-state index contributed by atoms with van der Waals surface area (Å²) >= 11 is 0. The van der Waals surface area contributed by atoms with Gasteiger partial charge in [-0.1, -0.05) is 0 Å². The molecule has 0 unspecified atom stereocenters. The van der Waals surface area contributed by atoms with Gasteiger partial charge >= 0.3 is 17.9 Å². The summed E-state index contributed by atoms with van der Waals surface area (Å²) in [5.74, 6) is -4.06. The molecule has 2 amide bonds. The zero-order valence-electron chi connectivity index (χ0n) is 16.6. The second-order valence-electron chi connectivity index (χ2n) is 6.38. The summed E-state index contributed by atoms with van der Waals surface area (Å²) in [5, 5.41) is 31.8. The van der Waals surface area contributed by atoms with Crippen LogP contribution in [0.3, 0.4) is 0 Å². The first-order valence-corrected chi connectivity index (χ1v) is 8.92. The van der Waals surface area contributed by atoms with Crippen molar-refractivity contribution in [3.8, 4) is 0 Å². The third-order valence-corrected chi connectivity index (χ3v) is 3.97. The van der Waals surface area contributed by atoms with Crippen molar-refractivity contribution < 1.29 is 44.2 Å². The lowest BCUT2D eigenvalue weighted by molar-refractivity contribution is -0.891. The maximum Gasteiger partial charge on any atom is 0.359 e. The monoisotopic (exact) mass is 420 g/mol. The summed E-state index contributed by atoms with van der Waals surface area (Å²) in [6.45, 7) is -0.592. The highest BCUT2D eigenvalue weighted by Crippen LogP contribution is 1.89. The number of likely N-dealkylation sites (N-methyl/N-ethyl adjacent to an activating group) is 2. The van der Waals surface area contributed by atoms with Gasteiger partial charge in [-0.3, -0.25) is 29.0 Å². The topological polar surface area (TPSA) is 181 Å². The molecule has 0 aliphatic carbocycles. The van der Waals surface area contributed by atoms with Crippen molar-refractivity contribution in [3.63, 3.8) is 0 Å². The third kappa shape index (κ3) is 14.0. The number of amides is 2. The van der Waals surface area contributed by atoms with Crippen LogP contribution >= 0.6 is 0 Å². The van der Waals surface area contributed by atoms with Gasteiger partial charge in [0.25, 0.3) is 0 Å². The first-order chi connectivity index (χ1) is 13.6. The Morgan fingerprint density at radius 3 is 1.34 bits per heavy atom. The zero-order chi connectivity index (χ0) is 22.4. The molecule has 0 saturated carbocycles. The minimum atomic E-state index is -1.12. The average Bonchev–Trinajstić information content (AvgIpc) is 2.61. The predicted octanol–water partition coefficient (Wildman–Crippen LogP) is -4.78. The largest absolute Gasteiger partial charge is 0.480 e. The summed E-state index contributed by atoms with van der Waals surface area (Å²) in [4.78, 5) is 59.5. The van der Waals surface area contributed by atoms with E-state index in [0.29, 0.717) is 4.90 Å². The van der Waals surface area contributed by atoms with Gasteiger partial charge in [-0.25, -0.2) is 4.79 Å². The third-order valence-electron chi connectivity index (χ3n) is 3.97. The quantitative estimate of drug-likeness (QED) is 0.142. The number of carboxylic acid groups (broad SMARTS) is 3. The van der Waals surface area contributed by atoms with E-state index in [2.05, 4.69) is 10.6 Å². The molecule has 0 aliphatic rings. The van der Waals surface area contributed by atoms with Gasteiger partial charge < -0.3 is 30.9 Å². The van der Waals surface area contributed by atoms with E-state index in [4.69, 9.17) is 15.3 Å². The highest BCUT2D eigenvalue weighted by atomic mass is 16.4. The molecule has 6 N–H and O–H groups in total. The smallest absolute Gasteiger partial charge is 0.359 e. The molecule has 0 spiro atoms. The van der Waals surface area contributed by atoms with Gasteiger partial charge in [-0.15, -0.1) is 0 Å². The molecule has 0 radical (unpaired) electrons. The highest BCUT2D eigenvalue weighted by molar-refractivity contribution is 5.79. The van der Waals surface area contributed by atoms with Crippen LogP contribution in [0.15, 0.2) is 0 Å². The number of nitrogens with zero attached hydrogens (tertiary/aromatic N) is 2. The molecule has 0 bridgehead atoms. The molecule has 0 aromatic rings. The minimum Gasteiger partial charge on any atom is -0.480 e. The Bertz CT molecular complexity index is 544. The van der Waals surface area contributed by atoms with Crippen molar-refractivity contribution in [2.75, 3.05) is 73.0 Å². The van der Waals surface area contributed by atoms with Crippen molar-refractivity contribution in [2.24, 2.45) is 0 Å². The van der Waals surface area contributed by atoms with E-state index in [1.165, 1.54) is 23.9 Å². The number of nitrogens with one attached hydrogen (secondary N) is 3. The number of carbonyl (C=O) groups is 5. The Morgan fingerprint density at radius 1 is 0.690 bits per heavy atom. The summed E-state index contributed by atoms with van der Waals surface area (Å²) in [6.07, 6.45) is 0. The zero-order valence-corrected chi connectivity index (χ0v) is 16.6. The molecule has 0 heterocycles. The fourth-order valence-electron chi connectivity index (χ4n) is 2.52. The molecular weight excluding hydrogens is 390 g/mol. The summed E-state index contributed by atoms with van der Waals surface area (Å²) in [6, 6.07) is 0. The standard InChI is InChI=1S/C16H29N5O8/c1-17-12(22)7-20(10-15(26)27)5-3-19(9-14(24)25)4-6-21(11-16(28)29)8-13(23)18-2/h3-11H2,1-2H3,(H,17,22)(H,18,23)(H,24,25)(H,26,27)(H,28,29)/p+1. The highest BCUT2D eigenvalue weighted by Gasteiger charge is 2.21. The van der Waals surface area contributed by atoms with Gasteiger partial charge in [0.2, 0.25) is 11.8 Å². The van der Waals surface area contributed by atoms with Crippen LogP contribution in [0.25, 0.3) is 0 Å². The molecular formula is C16H30N5O8+. The van der Waals surface area contributed by atoms with Gasteiger partial charge in [-0.2, -0.15) is 0 Å². The SMILES string of the molecule is CNC(=O)CN(CC[NH+](CCN(CC(=O)O)CC(=O)NC)CC(=O)O)CC(=O)O. The molecule has 0 aromatic carbocycles. The van der Waals surface area contributed by atoms with E-state index in [0.717, 1.165) is 0 Å². The summed E-state index contributed by atoms with van der Waals surface area (Å²) in [5.41, 5.74) is 0. The number of rotatable bonds is 16. The first-order valence-electron chi connectivity index (χ1n) is 8.92. The van der Waals surface area contributed by atoms with Gasteiger partial charge in [0.1, 0.15) is 0 Å². The van der Waals surface area contributed by atoms with Crippen LogP contribution < -0.4 is 15.5 Å². The number of quaternary nitrogens is 1. The van der Waals surface area contributed by atoms with Gasteiger partial charge in [0.05, 0.1) is 39.3 Å². The summed E-state index contributed by atoms with van der Waals surface area (Å²) < 4.78 is 0. The van der Waals surface area contributed by atoms with E-state index in [9.17, 15) is 24.0 Å². The fourth-order valence-corrected chi connectivity index (χ4v) is 2.52. The van der Waals surface area contributed by atoms with Crippen molar-refractivity contribution in [1.82, 2.24) is 20.4 Å². The number of aliphatic carboxylic acids is 3. The van der Waals surface area contributed by atoms with Crippen LogP contribution in [-0.2, 0) is 24.0 Å². The van der Waals surface area contributed by atoms with Gasteiger partial charge in [0, 0.05) is 27.2 Å². The van der Waals surface area contributed by atoms with Gasteiger partial charge in [-0.05, 0) is 0 Å². The maximum atomic E-state index is 11.5. The van der Waals surface area contributed by atoms with Crippen LogP contribution in [0.2, 0.25) is 0 Å². The number of hydrogen-bond donors (Lipinski definition) is 6.